The Kier molecular flexibility index (Phi) is 7.50. The van der Waals surface area contributed by atoms with Crippen molar-refractivity contribution in [2.24, 2.45) is 0 Å². The molecule has 0 bridgehead atoms. The minimum atomic E-state index is -3.73. The molecule has 0 unspecified atom stereocenters. The van der Waals surface area contributed by atoms with Gasteiger partial charge in [-0.2, -0.15) is 0 Å². The Morgan fingerprint density at radius 1 is 0.969 bits per heavy atom. The van der Waals surface area contributed by atoms with Crippen molar-refractivity contribution in [3.8, 4) is 11.5 Å². The third kappa shape index (κ3) is 6.09. The summed E-state index contributed by atoms with van der Waals surface area (Å²) < 4.78 is 37.0. The Balaban J connectivity index is 1.78. The van der Waals surface area contributed by atoms with E-state index in [1.807, 2.05) is 36.4 Å². The van der Waals surface area contributed by atoms with E-state index in [0.29, 0.717) is 29.5 Å². The second kappa shape index (κ2) is 10.3. The van der Waals surface area contributed by atoms with Gasteiger partial charge in [0.15, 0.2) is 0 Å². The zero-order valence-electron chi connectivity index (χ0n) is 18.2. The lowest BCUT2D eigenvalue weighted by Gasteiger charge is -2.28. The Bertz CT molecular complexity index is 1150. The van der Waals surface area contributed by atoms with Gasteiger partial charge in [-0.1, -0.05) is 30.3 Å². The minimum Gasteiger partial charge on any atom is -0.457 e. The van der Waals surface area contributed by atoms with Crippen LogP contribution in [0, 0.1) is 0 Å². The molecule has 3 aromatic rings. The van der Waals surface area contributed by atoms with E-state index in [4.69, 9.17) is 9.47 Å². The fourth-order valence-corrected chi connectivity index (χ4v) is 4.42. The predicted molar refractivity (Wildman–Crippen MR) is 126 cm³/mol. The molecule has 1 atom stereocenters. The molecule has 0 spiro atoms. The van der Waals surface area contributed by atoms with Gasteiger partial charge in [0.25, 0.3) is 0 Å². The van der Waals surface area contributed by atoms with Crippen LogP contribution in [0.3, 0.4) is 0 Å². The Hall–Kier alpha value is -3.36. The lowest BCUT2D eigenvalue weighted by Crippen LogP contribution is -2.45. The number of carbonyl (C=O) groups is 1. The number of benzene rings is 3. The standard InChI is InChI=1S/C24H26N2O5S/c1-18(24(27)25-20-9-7-8-19(16-20)17-30-2)26(32(3,28)29)21-12-14-23(15-13-21)31-22-10-5-4-6-11-22/h4-16,18H,17H2,1-3H3,(H,25,27)/t18-/m0/s1. The van der Waals surface area contributed by atoms with Gasteiger partial charge < -0.3 is 14.8 Å². The van der Waals surface area contributed by atoms with Crippen molar-refractivity contribution in [3.63, 3.8) is 0 Å². The zero-order valence-corrected chi connectivity index (χ0v) is 19.0. The van der Waals surface area contributed by atoms with Crippen LogP contribution in [0.4, 0.5) is 11.4 Å². The van der Waals surface area contributed by atoms with Crippen LogP contribution in [0.1, 0.15) is 12.5 Å². The first-order valence-corrected chi connectivity index (χ1v) is 11.8. The highest BCUT2D eigenvalue weighted by atomic mass is 32.2. The van der Waals surface area contributed by atoms with Gasteiger partial charge in [-0.05, 0) is 61.0 Å². The van der Waals surface area contributed by atoms with E-state index < -0.39 is 22.0 Å². The van der Waals surface area contributed by atoms with Gasteiger partial charge in [0.2, 0.25) is 15.9 Å². The van der Waals surface area contributed by atoms with Crippen molar-refractivity contribution in [1.82, 2.24) is 0 Å². The Morgan fingerprint density at radius 2 is 1.62 bits per heavy atom. The van der Waals surface area contributed by atoms with Gasteiger partial charge in [0, 0.05) is 12.8 Å². The number of nitrogens with one attached hydrogen (secondary N) is 1. The molecule has 0 radical (unpaired) electrons. The van der Waals surface area contributed by atoms with Crippen LogP contribution in [0.2, 0.25) is 0 Å². The van der Waals surface area contributed by atoms with Crippen LogP contribution in [-0.2, 0) is 26.2 Å². The molecule has 168 valence electrons. The second-order valence-electron chi connectivity index (χ2n) is 7.27. The number of methoxy groups -OCH3 is 1. The van der Waals surface area contributed by atoms with Crippen LogP contribution in [-0.4, -0.2) is 33.7 Å². The first-order valence-electron chi connectivity index (χ1n) is 9.99. The Labute approximate surface area is 188 Å². The summed E-state index contributed by atoms with van der Waals surface area (Å²) in [5.74, 6) is 0.777. The SMILES string of the molecule is COCc1cccc(NC(=O)[C@H](C)N(c2ccc(Oc3ccccc3)cc2)S(C)(=O)=O)c1. The molecule has 8 heteroatoms. The van der Waals surface area contributed by atoms with E-state index in [2.05, 4.69) is 5.32 Å². The smallest absolute Gasteiger partial charge is 0.247 e. The molecule has 0 heterocycles. The number of hydrogen-bond donors (Lipinski definition) is 1. The van der Waals surface area contributed by atoms with Crippen molar-refractivity contribution < 1.29 is 22.7 Å². The van der Waals surface area contributed by atoms with E-state index in [9.17, 15) is 13.2 Å². The minimum absolute atomic E-state index is 0.365. The quantitative estimate of drug-likeness (QED) is 0.517. The Morgan fingerprint density at radius 3 is 2.25 bits per heavy atom. The van der Waals surface area contributed by atoms with E-state index in [0.717, 1.165) is 16.1 Å². The predicted octanol–water partition coefficient (Wildman–Crippen LogP) is 4.42. The summed E-state index contributed by atoms with van der Waals surface area (Å²) >= 11 is 0. The normalized spacial score (nSPS) is 12.1. The van der Waals surface area contributed by atoms with Gasteiger partial charge in [0.05, 0.1) is 18.6 Å². The zero-order chi connectivity index (χ0) is 23.1. The average Bonchev–Trinajstić information content (AvgIpc) is 2.75. The summed E-state index contributed by atoms with van der Waals surface area (Å²) in [4.78, 5) is 12.9. The molecule has 7 nitrogen and oxygen atoms in total. The third-order valence-corrected chi connectivity index (χ3v) is 5.91. The first kappa shape index (κ1) is 23.3. The fraction of sp³-hybridized carbons (Fsp3) is 0.208. The molecule has 32 heavy (non-hydrogen) atoms. The van der Waals surface area contributed by atoms with Crippen LogP contribution in [0.25, 0.3) is 0 Å². The molecule has 0 saturated heterocycles. The average molecular weight is 455 g/mol. The lowest BCUT2D eigenvalue weighted by atomic mass is 10.2. The maximum atomic E-state index is 12.9. The molecule has 3 rings (SSSR count). The van der Waals surface area contributed by atoms with Gasteiger partial charge in [-0.25, -0.2) is 8.42 Å². The van der Waals surface area contributed by atoms with E-state index in [-0.39, 0.29) is 0 Å². The molecule has 0 aliphatic carbocycles. The van der Waals surface area contributed by atoms with Crippen molar-refractivity contribution in [2.45, 2.75) is 19.6 Å². The molecule has 3 aromatic carbocycles. The number of amides is 1. The molecular formula is C24H26N2O5S. The molecule has 0 saturated carbocycles. The number of carbonyl (C=O) groups excluding carboxylic acids is 1. The topological polar surface area (TPSA) is 84.9 Å². The first-order chi connectivity index (χ1) is 15.3. The van der Waals surface area contributed by atoms with Crippen LogP contribution in [0.5, 0.6) is 11.5 Å². The molecule has 0 aliphatic rings. The van der Waals surface area contributed by atoms with E-state index >= 15 is 0 Å². The highest BCUT2D eigenvalue weighted by Gasteiger charge is 2.29. The largest absolute Gasteiger partial charge is 0.457 e. The van der Waals surface area contributed by atoms with Crippen molar-refractivity contribution in [3.05, 3.63) is 84.4 Å². The van der Waals surface area contributed by atoms with Gasteiger partial charge in [-0.3, -0.25) is 9.10 Å². The summed E-state index contributed by atoms with van der Waals surface area (Å²) in [7, 11) is -2.14. The van der Waals surface area contributed by atoms with Gasteiger partial charge in [-0.15, -0.1) is 0 Å². The van der Waals surface area contributed by atoms with E-state index in [1.54, 1.807) is 56.5 Å². The van der Waals surface area contributed by atoms with Crippen molar-refractivity contribution >= 4 is 27.3 Å². The lowest BCUT2D eigenvalue weighted by molar-refractivity contribution is -0.116. The highest BCUT2D eigenvalue weighted by Crippen LogP contribution is 2.27. The highest BCUT2D eigenvalue weighted by molar-refractivity contribution is 7.92. The van der Waals surface area contributed by atoms with Crippen LogP contribution >= 0.6 is 0 Å². The number of rotatable bonds is 9. The number of anilines is 2. The number of para-hydroxylation sites is 1. The van der Waals surface area contributed by atoms with Crippen LogP contribution < -0.4 is 14.4 Å². The number of sulfonamides is 1. The molecule has 0 aromatic heterocycles. The second-order valence-corrected chi connectivity index (χ2v) is 9.13. The number of hydrogen-bond acceptors (Lipinski definition) is 5. The number of nitrogens with zero attached hydrogens (tertiary/aromatic N) is 1. The fourth-order valence-electron chi connectivity index (χ4n) is 3.25. The van der Waals surface area contributed by atoms with E-state index in [1.165, 1.54) is 0 Å². The summed E-state index contributed by atoms with van der Waals surface area (Å²) in [5.41, 5.74) is 1.83. The van der Waals surface area contributed by atoms with Crippen molar-refractivity contribution in [1.29, 1.82) is 0 Å². The maximum Gasteiger partial charge on any atom is 0.247 e. The maximum absolute atomic E-state index is 12.9. The van der Waals surface area contributed by atoms with Gasteiger partial charge in [0.1, 0.15) is 17.5 Å². The van der Waals surface area contributed by atoms with Crippen molar-refractivity contribution in [2.75, 3.05) is 23.0 Å². The van der Waals surface area contributed by atoms with Crippen LogP contribution in [0.15, 0.2) is 78.9 Å². The number of ether oxygens (including phenoxy) is 2. The monoisotopic (exact) mass is 454 g/mol. The summed E-state index contributed by atoms with van der Waals surface area (Å²) in [6.45, 7) is 1.95. The molecule has 1 N–H and O–H groups in total. The third-order valence-electron chi connectivity index (χ3n) is 4.66. The summed E-state index contributed by atoms with van der Waals surface area (Å²) in [6, 6.07) is 22.1. The molecular weight excluding hydrogens is 428 g/mol. The summed E-state index contributed by atoms with van der Waals surface area (Å²) in [6.07, 6.45) is 1.07. The molecule has 0 aliphatic heterocycles. The van der Waals surface area contributed by atoms with Gasteiger partial charge >= 0.3 is 0 Å². The summed E-state index contributed by atoms with van der Waals surface area (Å²) in [5, 5.41) is 2.78. The molecule has 0 fully saturated rings. The molecule has 1 amide bonds.